The van der Waals surface area contributed by atoms with E-state index in [0.29, 0.717) is 6.42 Å². The van der Waals surface area contributed by atoms with Crippen LogP contribution in [-0.2, 0) is 4.79 Å². The molecule has 4 nitrogen and oxygen atoms in total. The minimum Gasteiger partial charge on any atom is -0.480 e. The van der Waals surface area contributed by atoms with Gasteiger partial charge in [-0.05, 0) is 27.2 Å². The van der Waals surface area contributed by atoms with Crippen LogP contribution in [-0.4, -0.2) is 34.1 Å². The van der Waals surface area contributed by atoms with E-state index in [0.717, 1.165) is 0 Å². The predicted octanol–water partition coefficient (Wildman–Crippen LogP) is 1.47. The molecule has 1 unspecified atom stereocenters. The van der Waals surface area contributed by atoms with E-state index >= 15 is 0 Å². The van der Waals surface area contributed by atoms with Gasteiger partial charge in [-0.15, -0.1) is 0 Å². The Morgan fingerprint density at radius 1 is 1.57 bits per heavy atom. The van der Waals surface area contributed by atoms with Crippen LogP contribution in [0, 0.1) is 11.3 Å². The number of hydrogen-bond acceptors (Lipinski definition) is 3. The first-order valence-electron chi connectivity index (χ1n) is 4.71. The molecule has 0 amide bonds. The van der Waals surface area contributed by atoms with E-state index in [1.165, 1.54) is 0 Å². The molecule has 0 radical (unpaired) electrons. The molecule has 1 atom stereocenters. The lowest BCUT2D eigenvalue weighted by Crippen LogP contribution is -2.49. The fraction of sp³-hybridized carbons (Fsp3) is 0.800. The van der Waals surface area contributed by atoms with Crippen molar-refractivity contribution in [3.8, 4) is 6.07 Å². The van der Waals surface area contributed by atoms with Gasteiger partial charge in [0.15, 0.2) is 0 Å². The van der Waals surface area contributed by atoms with Crippen molar-refractivity contribution in [2.75, 3.05) is 6.54 Å². The summed E-state index contributed by atoms with van der Waals surface area (Å²) in [6.45, 7) is 7.53. The molecule has 0 aromatic heterocycles. The fourth-order valence-electron chi connectivity index (χ4n) is 1.34. The summed E-state index contributed by atoms with van der Waals surface area (Å²) in [7, 11) is 0. The molecule has 14 heavy (non-hydrogen) atoms. The lowest BCUT2D eigenvalue weighted by atomic mass is 10.0. The number of aliphatic carboxylic acids is 1. The number of carboxylic acid groups (broad SMARTS) is 1. The summed E-state index contributed by atoms with van der Waals surface area (Å²) in [5, 5.41) is 17.6. The second-order valence-corrected chi connectivity index (χ2v) is 4.25. The fourth-order valence-corrected chi connectivity index (χ4v) is 1.34. The van der Waals surface area contributed by atoms with Gasteiger partial charge in [-0.25, -0.2) is 0 Å². The van der Waals surface area contributed by atoms with Crippen LogP contribution in [0.3, 0.4) is 0 Å². The molecule has 0 fully saturated rings. The Labute approximate surface area is 85.1 Å². The first-order chi connectivity index (χ1) is 6.32. The number of hydrogen-bond donors (Lipinski definition) is 1. The van der Waals surface area contributed by atoms with E-state index in [4.69, 9.17) is 10.4 Å². The maximum Gasteiger partial charge on any atom is 0.317 e. The number of carboxylic acids is 1. The van der Waals surface area contributed by atoms with Crippen molar-refractivity contribution in [3.63, 3.8) is 0 Å². The lowest BCUT2D eigenvalue weighted by molar-refractivity contribution is -0.140. The number of nitriles is 1. The molecule has 0 heterocycles. The average molecular weight is 198 g/mol. The smallest absolute Gasteiger partial charge is 0.317 e. The standard InChI is InChI=1S/C10H18N2O2/c1-5-8(6-11)12(7-9(13)14)10(2,3)4/h8H,5,7H2,1-4H3,(H,13,14). The molecular formula is C10H18N2O2. The topological polar surface area (TPSA) is 64.3 Å². The van der Waals surface area contributed by atoms with Crippen LogP contribution in [0.15, 0.2) is 0 Å². The molecule has 0 aliphatic rings. The van der Waals surface area contributed by atoms with E-state index in [9.17, 15) is 4.79 Å². The summed E-state index contributed by atoms with van der Waals surface area (Å²) in [6.07, 6.45) is 0.640. The van der Waals surface area contributed by atoms with Gasteiger partial charge in [-0.3, -0.25) is 9.69 Å². The van der Waals surface area contributed by atoms with Crippen LogP contribution in [0.4, 0.5) is 0 Å². The summed E-state index contributed by atoms with van der Waals surface area (Å²) in [5.41, 5.74) is -0.297. The Kier molecular flexibility index (Phi) is 4.58. The molecule has 0 aromatic carbocycles. The molecule has 80 valence electrons. The quantitative estimate of drug-likeness (QED) is 0.743. The second kappa shape index (κ2) is 4.97. The van der Waals surface area contributed by atoms with Gasteiger partial charge in [0.2, 0.25) is 0 Å². The highest BCUT2D eigenvalue weighted by Crippen LogP contribution is 2.18. The van der Waals surface area contributed by atoms with Gasteiger partial charge in [-0.1, -0.05) is 6.92 Å². The molecule has 0 aromatic rings. The van der Waals surface area contributed by atoms with E-state index < -0.39 is 5.97 Å². The molecule has 1 N–H and O–H groups in total. The van der Waals surface area contributed by atoms with Crippen molar-refractivity contribution < 1.29 is 9.90 Å². The highest BCUT2D eigenvalue weighted by Gasteiger charge is 2.29. The van der Waals surface area contributed by atoms with Crippen molar-refractivity contribution in [1.82, 2.24) is 4.90 Å². The number of rotatable bonds is 4. The largest absolute Gasteiger partial charge is 0.480 e. The zero-order chi connectivity index (χ0) is 11.4. The van der Waals surface area contributed by atoms with Crippen LogP contribution in [0.2, 0.25) is 0 Å². The van der Waals surface area contributed by atoms with Crippen molar-refractivity contribution in [1.29, 1.82) is 5.26 Å². The first kappa shape index (κ1) is 12.9. The predicted molar refractivity (Wildman–Crippen MR) is 53.8 cm³/mol. The van der Waals surface area contributed by atoms with E-state index in [-0.39, 0.29) is 18.1 Å². The Morgan fingerprint density at radius 3 is 2.29 bits per heavy atom. The maximum absolute atomic E-state index is 10.6. The Morgan fingerprint density at radius 2 is 2.07 bits per heavy atom. The highest BCUT2D eigenvalue weighted by atomic mass is 16.4. The van der Waals surface area contributed by atoms with Gasteiger partial charge < -0.3 is 5.11 Å². The molecule has 0 aliphatic carbocycles. The van der Waals surface area contributed by atoms with Gasteiger partial charge in [0.25, 0.3) is 0 Å². The molecule has 0 bridgehead atoms. The molecule has 4 heteroatoms. The molecule has 0 aliphatic heterocycles. The van der Waals surface area contributed by atoms with Gasteiger partial charge >= 0.3 is 5.97 Å². The van der Waals surface area contributed by atoms with Gasteiger partial charge in [0.05, 0.1) is 18.7 Å². The minimum atomic E-state index is -0.895. The Bertz CT molecular complexity index is 237. The summed E-state index contributed by atoms with van der Waals surface area (Å²) in [6, 6.07) is 1.80. The Balaban J connectivity index is 4.73. The van der Waals surface area contributed by atoms with Crippen LogP contribution >= 0.6 is 0 Å². The first-order valence-corrected chi connectivity index (χ1v) is 4.71. The summed E-state index contributed by atoms with van der Waals surface area (Å²) >= 11 is 0. The van der Waals surface area contributed by atoms with Crippen molar-refractivity contribution >= 4 is 5.97 Å². The monoisotopic (exact) mass is 198 g/mol. The molecular weight excluding hydrogens is 180 g/mol. The summed E-state index contributed by atoms with van der Waals surface area (Å²) < 4.78 is 0. The van der Waals surface area contributed by atoms with Gasteiger partial charge in [-0.2, -0.15) is 5.26 Å². The van der Waals surface area contributed by atoms with Gasteiger partial charge in [0, 0.05) is 5.54 Å². The maximum atomic E-state index is 10.6. The molecule has 0 spiro atoms. The van der Waals surface area contributed by atoms with E-state index in [2.05, 4.69) is 6.07 Å². The second-order valence-electron chi connectivity index (χ2n) is 4.25. The van der Waals surface area contributed by atoms with E-state index in [1.54, 1.807) is 4.90 Å². The third kappa shape index (κ3) is 3.75. The van der Waals surface area contributed by atoms with Crippen LogP contribution in [0.1, 0.15) is 34.1 Å². The van der Waals surface area contributed by atoms with Gasteiger partial charge in [0.1, 0.15) is 0 Å². The van der Waals surface area contributed by atoms with Crippen LogP contribution in [0.5, 0.6) is 0 Å². The number of nitrogens with zero attached hydrogens (tertiary/aromatic N) is 2. The van der Waals surface area contributed by atoms with Crippen molar-refractivity contribution in [2.24, 2.45) is 0 Å². The summed E-state index contributed by atoms with van der Waals surface area (Å²) in [4.78, 5) is 12.3. The zero-order valence-electron chi connectivity index (χ0n) is 9.24. The average Bonchev–Trinajstić information content (AvgIpc) is 2.02. The Hall–Kier alpha value is -1.08. The van der Waals surface area contributed by atoms with Crippen molar-refractivity contribution in [2.45, 2.75) is 45.7 Å². The SMILES string of the molecule is CCC(C#N)N(CC(=O)O)C(C)(C)C. The normalized spacial score (nSPS) is 13.7. The third-order valence-electron chi connectivity index (χ3n) is 2.08. The molecule has 0 rings (SSSR count). The van der Waals surface area contributed by atoms with Crippen LogP contribution in [0.25, 0.3) is 0 Å². The third-order valence-corrected chi connectivity index (χ3v) is 2.08. The molecule has 0 saturated carbocycles. The zero-order valence-corrected chi connectivity index (χ0v) is 9.24. The van der Waals surface area contributed by atoms with Crippen molar-refractivity contribution in [3.05, 3.63) is 0 Å². The van der Waals surface area contributed by atoms with E-state index in [1.807, 2.05) is 27.7 Å². The number of carbonyl (C=O) groups is 1. The lowest BCUT2D eigenvalue weighted by Gasteiger charge is -2.37. The molecule has 0 saturated heterocycles. The summed E-state index contributed by atoms with van der Waals surface area (Å²) in [5.74, 6) is -0.895. The highest BCUT2D eigenvalue weighted by molar-refractivity contribution is 5.69. The van der Waals surface area contributed by atoms with Crippen LogP contribution < -0.4 is 0 Å². The minimum absolute atomic E-state index is 0.0877.